The van der Waals surface area contributed by atoms with Crippen LogP contribution in [0.5, 0.6) is 0 Å². The number of nitrogens with one attached hydrogen (secondary N) is 1. The van der Waals surface area contributed by atoms with Gasteiger partial charge in [-0.1, -0.05) is 13.0 Å². The Morgan fingerprint density at radius 3 is 2.91 bits per heavy atom. The van der Waals surface area contributed by atoms with Crippen LogP contribution in [0, 0.1) is 11.6 Å². The number of rotatable bonds is 3. The number of nitrogens with zero attached hydrogens (tertiary/aromatic N) is 1. The highest BCUT2D eigenvalue weighted by molar-refractivity contribution is 5.74. The number of hydrogen-bond acceptors (Lipinski definition) is 2. The van der Waals surface area contributed by atoms with Crippen LogP contribution in [0.1, 0.15) is 31.7 Å². The number of carbonyl (C=O) groups is 1. The van der Waals surface area contributed by atoms with Crippen molar-refractivity contribution in [3.63, 3.8) is 0 Å². The van der Waals surface area contributed by atoms with E-state index < -0.39 is 11.6 Å². The van der Waals surface area contributed by atoms with E-state index in [2.05, 4.69) is 5.32 Å². The third-order valence-corrected chi connectivity index (χ3v) is 4.02. The largest absolute Gasteiger partial charge is 0.380 e. The first-order chi connectivity index (χ1) is 10.5. The van der Waals surface area contributed by atoms with Gasteiger partial charge in [-0.25, -0.2) is 13.6 Å². The summed E-state index contributed by atoms with van der Waals surface area (Å²) in [5.74, 6) is -1.83. The van der Waals surface area contributed by atoms with Crippen molar-refractivity contribution >= 4 is 6.03 Å². The van der Waals surface area contributed by atoms with Crippen molar-refractivity contribution < 1.29 is 18.3 Å². The molecule has 2 rings (SSSR count). The van der Waals surface area contributed by atoms with E-state index in [1.165, 1.54) is 12.1 Å². The minimum Gasteiger partial charge on any atom is -0.380 e. The van der Waals surface area contributed by atoms with E-state index >= 15 is 0 Å². The molecule has 1 N–H and O–H groups in total. The minimum absolute atomic E-state index is 0.0995. The van der Waals surface area contributed by atoms with Gasteiger partial charge in [0.15, 0.2) is 11.6 Å². The molecule has 0 aromatic heterocycles. The zero-order valence-corrected chi connectivity index (χ0v) is 12.9. The number of ether oxygens (including phenoxy) is 1. The molecule has 2 amide bonds. The molecule has 1 heterocycles. The molecule has 122 valence electrons. The smallest absolute Gasteiger partial charge is 0.317 e. The molecule has 1 aromatic rings. The highest BCUT2D eigenvalue weighted by Crippen LogP contribution is 2.17. The van der Waals surface area contributed by atoms with Gasteiger partial charge < -0.3 is 15.0 Å². The second kappa shape index (κ2) is 7.54. The molecule has 2 unspecified atom stereocenters. The highest BCUT2D eigenvalue weighted by atomic mass is 19.2. The van der Waals surface area contributed by atoms with Gasteiger partial charge in [0.1, 0.15) is 0 Å². The van der Waals surface area contributed by atoms with Gasteiger partial charge >= 0.3 is 6.03 Å². The lowest BCUT2D eigenvalue weighted by molar-refractivity contribution is 0.142. The van der Waals surface area contributed by atoms with E-state index in [9.17, 15) is 13.6 Å². The Kier molecular flexibility index (Phi) is 5.71. The van der Waals surface area contributed by atoms with Crippen LogP contribution in [-0.2, 0) is 4.74 Å². The van der Waals surface area contributed by atoms with E-state index in [1.54, 1.807) is 4.90 Å². The molecule has 1 aromatic carbocycles. The number of benzene rings is 1. The van der Waals surface area contributed by atoms with Crippen molar-refractivity contribution in [3.05, 3.63) is 35.4 Å². The summed E-state index contributed by atoms with van der Waals surface area (Å²) in [6, 6.07) is 3.80. The molecule has 0 radical (unpaired) electrons. The fourth-order valence-electron chi connectivity index (χ4n) is 2.48. The topological polar surface area (TPSA) is 41.6 Å². The van der Waals surface area contributed by atoms with Gasteiger partial charge in [0.05, 0.1) is 6.61 Å². The third-order valence-electron chi connectivity index (χ3n) is 4.02. The number of carbonyl (C=O) groups excluding carboxylic acids is 1. The van der Waals surface area contributed by atoms with Crippen molar-refractivity contribution in [2.75, 3.05) is 26.3 Å². The summed E-state index contributed by atoms with van der Waals surface area (Å²) in [5.41, 5.74) is 0.659. The fraction of sp³-hybridized carbons (Fsp3) is 0.562. The first-order valence-corrected chi connectivity index (χ1v) is 7.56. The van der Waals surface area contributed by atoms with Gasteiger partial charge in [-0.05, 0) is 37.0 Å². The van der Waals surface area contributed by atoms with Crippen LogP contribution in [0.25, 0.3) is 0 Å². The summed E-state index contributed by atoms with van der Waals surface area (Å²) >= 11 is 0. The summed E-state index contributed by atoms with van der Waals surface area (Å²) in [4.78, 5) is 14.0. The molecule has 1 fully saturated rings. The maximum atomic E-state index is 13.2. The van der Waals surface area contributed by atoms with Crippen LogP contribution in [0.3, 0.4) is 0 Å². The van der Waals surface area contributed by atoms with Crippen LogP contribution >= 0.6 is 0 Å². The van der Waals surface area contributed by atoms with E-state index in [-0.39, 0.29) is 18.0 Å². The molecule has 1 aliphatic heterocycles. The van der Waals surface area contributed by atoms with Crippen LogP contribution in [0.15, 0.2) is 18.2 Å². The van der Waals surface area contributed by atoms with E-state index in [1.807, 2.05) is 13.8 Å². The quantitative estimate of drug-likeness (QED) is 0.932. The number of halogens is 2. The zero-order chi connectivity index (χ0) is 16.1. The average molecular weight is 312 g/mol. The predicted octanol–water partition coefficient (Wildman–Crippen LogP) is 2.89. The lowest BCUT2D eigenvalue weighted by Gasteiger charge is -2.27. The summed E-state index contributed by atoms with van der Waals surface area (Å²) in [7, 11) is 0. The SMILES string of the molecule is CC(CNC(=O)N1CCOCCC1C)c1ccc(F)c(F)c1. The summed E-state index contributed by atoms with van der Waals surface area (Å²) < 4.78 is 31.5. The standard InChI is InChI=1S/C16H22F2N2O2/c1-11(13-3-4-14(17)15(18)9-13)10-19-16(21)20-6-8-22-7-5-12(20)2/h3-4,9,11-12H,5-8,10H2,1-2H3,(H,19,21). The fourth-order valence-corrected chi connectivity index (χ4v) is 2.48. The molecule has 0 spiro atoms. The van der Waals surface area contributed by atoms with Crippen LogP contribution in [0.4, 0.5) is 13.6 Å². The Hall–Kier alpha value is -1.69. The molecule has 1 aliphatic rings. The van der Waals surface area contributed by atoms with Crippen molar-refractivity contribution in [1.82, 2.24) is 10.2 Å². The van der Waals surface area contributed by atoms with Crippen molar-refractivity contribution in [1.29, 1.82) is 0 Å². The zero-order valence-electron chi connectivity index (χ0n) is 12.9. The Labute approximate surface area is 129 Å². The van der Waals surface area contributed by atoms with Crippen molar-refractivity contribution in [2.45, 2.75) is 32.2 Å². The first kappa shape index (κ1) is 16.7. The molecular formula is C16H22F2N2O2. The van der Waals surface area contributed by atoms with Crippen molar-refractivity contribution in [2.24, 2.45) is 0 Å². The molecule has 2 atom stereocenters. The van der Waals surface area contributed by atoms with Gasteiger partial charge in [0.2, 0.25) is 0 Å². The third kappa shape index (κ3) is 4.16. The predicted molar refractivity (Wildman–Crippen MR) is 79.8 cm³/mol. The molecule has 0 aliphatic carbocycles. The summed E-state index contributed by atoms with van der Waals surface area (Å²) in [5, 5.41) is 2.86. The number of hydrogen-bond donors (Lipinski definition) is 1. The molecule has 1 saturated heterocycles. The van der Waals surface area contributed by atoms with E-state index in [0.717, 1.165) is 12.5 Å². The van der Waals surface area contributed by atoms with Crippen LogP contribution in [0.2, 0.25) is 0 Å². The van der Waals surface area contributed by atoms with Gasteiger partial charge in [0.25, 0.3) is 0 Å². The molecular weight excluding hydrogens is 290 g/mol. The second-order valence-electron chi connectivity index (χ2n) is 5.70. The Morgan fingerprint density at radius 2 is 2.18 bits per heavy atom. The van der Waals surface area contributed by atoms with E-state index in [0.29, 0.717) is 31.9 Å². The maximum Gasteiger partial charge on any atom is 0.317 e. The van der Waals surface area contributed by atoms with Crippen LogP contribution < -0.4 is 5.32 Å². The van der Waals surface area contributed by atoms with Gasteiger partial charge in [-0.3, -0.25) is 0 Å². The van der Waals surface area contributed by atoms with Crippen LogP contribution in [-0.4, -0.2) is 43.3 Å². The summed E-state index contributed by atoms with van der Waals surface area (Å²) in [6.45, 7) is 5.99. The molecule has 4 nitrogen and oxygen atoms in total. The molecule has 22 heavy (non-hydrogen) atoms. The molecule has 0 bridgehead atoms. The number of amides is 2. The Balaban J connectivity index is 1.90. The number of urea groups is 1. The Morgan fingerprint density at radius 1 is 1.41 bits per heavy atom. The lowest BCUT2D eigenvalue weighted by atomic mass is 10.0. The maximum absolute atomic E-state index is 13.2. The van der Waals surface area contributed by atoms with E-state index in [4.69, 9.17) is 4.74 Å². The second-order valence-corrected chi connectivity index (χ2v) is 5.70. The van der Waals surface area contributed by atoms with Gasteiger partial charge in [0, 0.05) is 25.7 Å². The summed E-state index contributed by atoms with van der Waals surface area (Å²) in [6.07, 6.45) is 0.812. The first-order valence-electron chi connectivity index (χ1n) is 7.56. The van der Waals surface area contributed by atoms with Crippen molar-refractivity contribution in [3.8, 4) is 0 Å². The lowest BCUT2D eigenvalue weighted by Crippen LogP contribution is -2.46. The Bertz CT molecular complexity index is 525. The molecule has 0 saturated carbocycles. The monoisotopic (exact) mass is 312 g/mol. The average Bonchev–Trinajstić information content (AvgIpc) is 2.72. The highest BCUT2D eigenvalue weighted by Gasteiger charge is 2.22. The van der Waals surface area contributed by atoms with Gasteiger partial charge in [-0.2, -0.15) is 0 Å². The molecule has 6 heteroatoms. The van der Waals surface area contributed by atoms with Gasteiger partial charge in [-0.15, -0.1) is 0 Å². The normalized spacial score (nSPS) is 20.4. The minimum atomic E-state index is -0.867.